The summed E-state index contributed by atoms with van der Waals surface area (Å²) >= 11 is 0. The summed E-state index contributed by atoms with van der Waals surface area (Å²) in [5.74, 6) is -0.0262. The van der Waals surface area contributed by atoms with E-state index in [0.717, 1.165) is 5.82 Å². The van der Waals surface area contributed by atoms with Gasteiger partial charge in [-0.05, 0) is 6.92 Å². The number of hydrogen-bond acceptors (Lipinski definition) is 3. The molecular formula is C11H18N4O3. The molecule has 0 aliphatic rings. The second kappa shape index (κ2) is 6.63. The van der Waals surface area contributed by atoms with Crippen molar-refractivity contribution in [2.75, 3.05) is 20.1 Å². The molecule has 1 aromatic heterocycles. The lowest BCUT2D eigenvalue weighted by Crippen LogP contribution is -2.39. The second-order valence-corrected chi connectivity index (χ2v) is 3.97. The topological polar surface area (TPSA) is 87.5 Å². The van der Waals surface area contributed by atoms with E-state index in [-0.39, 0.29) is 19.0 Å². The molecule has 0 aliphatic heterocycles. The highest BCUT2D eigenvalue weighted by atomic mass is 16.4. The fourth-order valence-corrected chi connectivity index (χ4v) is 1.41. The van der Waals surface area contributed by atoms with E-state index in [1.54, 1.807) is 13.2 Å². The highest BCUT2D eigenvalue weighted by Gasteiger charge is 2.08. The third-order valence-corrected chi connectivity index (χ3v) is 2.56. The Labute approximate surface area is 105 Å². The third kappa shape index (κ3) is 4.44. The number of carbonyl (C=O) groups is 2. The summed E-state index contributed by atoms with van der Waals surface area (Å²) in [6, 6.07) is -0.269. The van der Waals surface area contributed by atoms with E-state index in [1.165, 1.54) is 4.90 Å². The molecule has 7 nitrogen and oxygen atoms in total. The van der Waals surface area contributed by atoms with E-state index in [2.05, 4.69) is 10.3 Å². The van der Waals surface area contributed by atoms with Crippen molar-refractivity contribution in [1.82, 2.24) is 19.8 Å². The first-order valence-corrected chi connectivity index (χ1v) is 5.69. The number of carbonyl (C=O) groups excluding carboxylic acids is 1. The van der Waals surface area contributed by atoms with Gasteiger partial charge in [-0.2, -0.15) is 0 Å². The molecular weight excluding hydrogens is 236 g/mol. The van der Waals surface area contributed by atoms with E-state index in [0.29, 0.717) is 13.1 Å². The normalized spacial score (nSPS) is 10.1. The quantitative estimate of drug-likeness (QED) is 0.764. The van der Waals surface area contributed by atoms with Gasteiger partial charge >= 0.3 is 12.0 Å². The number of amides is 2. The first-order chi connectivity index (χ1) is 8.50. The number of nitrogens with one attached hydrogen (secondary N) is 1. The molecule has 0 unspecified atom stereocenters. The first kappa shape index (κ1) is 14.0. The monoisotopic (exact) mass is 254 g/mol. The fourth-order valence-electron chi connectivity index (χ4n) is 1.41. The molecule has 1 heterocycles. The molecule has 100 valence electrons. The highest BCUT2D eigenvalue weighted by Crippen LogP contribution is 1.96. The van der Waals surface area contributed by atoms with Crippen molar-refractivity contribution >= 4 is 12.0 Å². The molecule has 1 aromatic rings. The van der Waals surface area contributed by atoms with Crippen molar-refractivity contribution in [3.8, 4) is 0 Å². The number of nitrogens with zero attached hydrogens (tertiary/aromatic N) is 3. The van der Waals surface area contributed by atoms with E-state index >= 15 is 0 Å². The van der Waals surface area contributed by atoms with Gasteiger partial charge in [-0.25, -0.2) is 9.78 Å². The molecule has 1 rings (SSSR count). The minimum Gasteiger partial charge on any atom is -0.481 e. The summed E-state index contributed by atoms with van der Waals surface area (Å²) in [5, 5.41) is 11.0. The Morgan fingerprint density at radius 3 is 2.83 bits per heavy atom. The van der Waals surface area contributed by atoms with Crippen LogP contribution in [0, 0.1) is 6.92 Å². The Morgan fingerprint density at radius 1 is 1.56 bits per heavy atom. The van der Waals surface area contributed by atoms with Gasteiger partial charge in [0.25, 0.3) is 0 Å². The van der Waals surface area contributed by atoms with Crippen LogP contribution < -0.4 is 5.32 Å². The Bertz CT molecular complexity index is 416. The van der Waals surface area contributed by atoms with Gasteiger partial charge in [0.15, 0.2) is 0 Å². The lowest BCUT2D eigenvalue weighted by Gasteiger charge is -2.18. The minimum atomic E-state index is -0.924. The van der Waals surface area contributed by atoms with Gasteiger partial charge in [0.1, 0.15) is 5.82 Å². The Kier molecular flexibility index (Phi) is 5.16. The molecule has 0 saturated heterocycles. The molecule has 7 heteroatoms. The van der Waals surface area contributed by atoms with Gasteiger partial charge in [-0.3, -0.25) is 4.79 Å². The van der Waals surface area contributed by atoms with Crippen molar-refractivity contribution in [3.63, 3.8) is 0 Å². The van der Waals surface area contributed by atoms with Crippen LogP contribution in [0.1, 0.15) is 12.2 Å². The smallest absolute Gasteiger partial charge is 0.317 e. The number of hydrogen-bond donors (Lipinski definition) is 2. The lowest BCUT2D eigenvalue weighted by molar-refractivity contribution is -0.136. The van der Waals surface area contributed by atoms with Crippen molar-refractivity contribution in [2.24, 2.45) is 0 Å². The molecule has 0 radical (unpaired) electrons. The maximum Gasteiger partial charge on any atom is 0.317 e. The average Bonchev–Trinajstić information content (AvgIpc) is 2.71. The van der Waals surface area contributed by atoms with Gasteiger partial charge < -0.3 is 19.9 Å². The largest absolute Gasteiger partial charge is 0.481 e. The summed E-state index contributed by atoms with van der Waals surface area (Å²) in [4.78, 5) is 27.5. The number of aromatic nitrogens is 2. The maximum atomic E-state index is 11.6. The van der Waals surface area contributed by atoms with Crippen molar-refractivity contribution in [3.05, 3.63) is 18.2 Å². The van der Waals surface area contributed by atoms with Gasteiger partial charge in [0, 0.05) is 39.1 Å². The molecule has 0 spiro atoms. The van der Waals surface area contributed by atoms with Gasteiger partial charge in [0.2, 0.25) is 0 Å². The van der Waals surface area contributed by atoms with Crippen molar-refractivity contribution in [2.45, 2.75) is 19.9 Å². The number of urea groups is 1. The molecule has 2 amide bonds. The average molecular weight is 254 g/mol. The standard InChI is InChI=1S/C11H18N4O3/c1-9-12-5-6-15(9)8-7-14(2)11(18)13-4-3-10(16)17/h5-6H,3-4,7-8H2,1-2H3,(H,13,18)(H,16,17). The molecule has 0 atom stereocenters. The number of likely N-dealkylation sites (N-methyl/N-ethyl adjacent to an activating group) is 1. The molecule has 0 saturated carbocycles. The van der Waals surface area contributed by atoms with Gasteiger partial charge in [-0.15, -0.1) is 0 Å². The molecule has 0 fully saturated rings. The first-order valence-electron chi connectivity index (χ1n) is 5.69. The van der Waals surface area contributed by atoms with E-state index in [1.807, 2.05) is 17.7 Å². The maximum absolute atomic E-state index is 11.6. The molecule has 2 N–H and O–H groups in total. The molecule has 0 bridgehead atoms. The van der Waals surface area contributed by atoms with Crippen molar-refractivity contribution in [1.29, 1.82) is 0 Å². The third-order valence-electron chi connectivity index (χ3n) is 2.56. The highest BCUT2D eigenvalue weighted by molar-refractivity contribution is 5.74. The second-order valence-electron chi connectivity index (χ2n) is 3.97. The number of aliphatic carboxylic acids is 1. The van der Waals surface area contributed by atoms with E-state index < -0.39 is 5.97 Å². The zero-order valence-corrected chi connectivity index (χ0v) is 10.6. The van der Waals surface area contributed by atoms with Gasteiger partial charge in [0.05, 0.1) is 6.42 Å². The Morgan fingerprint density at radius 2 is 2.28 bits per heavy atom. The summed E-state index contributed by atoms with van der Waals surface area (Å²) in [7, 11) is 1.67. The number of imidazole rings is 1. The van der Waals surface area contributed by atoms with Crippen LogP contribution in [-0.4, -0.2) is 51.7 Å². The van der Waals surface area contributed by atoms with Crippen LogP contribution in [-0.2, 0) is 11.3 Å². The number of carboxylic acids is 1. The van der Waals surface area contributed by atoms with E-state index in [9.17, 15) is 9.59 Å². The van der Waals surface area contributed by atoms with Crippen LogP contribution >= 0.6 is 0 Å². The van der Waals surface area contributed by atoms with Crippen molar-refractivity contribution < 1.29 is 14.7 Å². The molecule has 0 aromatic carbocycles. The van der Waals surface area contributed by atoms with Gasteiger partial charge in [-0.1, -0.05) is 0 Å². The van der Waals surface area contributed by atoms with Crippen LogP contribution in [0.4, 0.5) is 4.79 Å². The van der Waals surface area contributed by atoms with Crippen LogP contribution in [0.2, 0.25) is 0 Å². The number of carboxylic acid groups (broad SMARTS) is 1. The summed E-state index contributed by atoms with van der Waals surface area (Å²) in [6.07, 6.45) is 3.49. The van der Waals surface area contributed by atoms with Crippen LogP contribution in [0.5, 0.6) is 0 Å². The summed E-state index contributed by atoms with van der Waals surface area (Å²) < 4.78 is 1.95. The summed E-state index contributed by atoms with van der Waals surface area (Å²) in [5.41, 5.74) is 0. The predicted molar refractivity (Wildman–Crippen MR) is 65.2 cm³/mol. The van der Waals surface area contributed by atoms with E-state index in [4.69, 9.17) is 5.11 Å². The SMILES string of the molecule is Cc1nccn1CCN(C)C(=O)NCCC(=O)O. The van der Waals surface area contributed by atoms with Crippen LogP contribution in [0.25, 0.3) is 0 Å². The van der Waals surface area contributed by atoms with Crippen LogP contribution in [0.15, 0.2) is 12.4 Å². The van der Waals surface area contributed by atoms with Crippen LogP contribution in [0.3, 0.4) is 0 Å². The fraction of sp³-hybridized carbons (Fsp3) is 0.545. The Balaban J connectivity index is 2.27. The predicted octanol–water partition coefficient (Wildman–Crippen LogP) is 0.308. The lowest BCUT2D eigenvalue weighted by atomic mass is 10.4. The number of rotatable bonds is 6. The Hall–Kier alpha value is -2.05. The summed E-state index contributed by atoms with van der Waals surface area (Å²) in [6.45, 7) is 3.24. The zero-order chi connectivity index (χ0) is 13.5. The molecule has 18 heavy (non-hydrogen) atoms. The zero-order valence-electron chi connectivity index (χ0n) is 10.6. The molecule has 0 aliphatic carbocycles. The number of aryl methyl sites for hydroxylation is 1. The minimum absolute atomic E-state index is 0.0692.